The van der Waals surface area contributed by atoms with Crippen molar-refractivity contribution >= 4 is 17.9 Å². The molecule has 0 atom stereocenters. The maximum Gasteiger partial charge on any atom is 0.305 e. The Morgan fingerprint density at radius 3 is 2.90 bits per heavy atom. The lowest BCUT2D eigenvalue weighted by Crippen LogP contribution is -2.04. The van der Waals surface area contributed by atoms with Crippen LogP contribution in [0.5, 0.6) is 0 Å². The quantitative estimate of drug-likeness (QED) is 0.239. The highest BCUT2D eigenvalue weighted by atomic mass is 16.6. The molecule has 20 heavy (non-hydrogen) atoms. The topological polar surface area (TPSA) is 91.0 Å². The molecule has 0 fully saturated rings. The van der Waals surface area contributed by atoms with E-state index in [9.17, 15) is 14.9 Å². The van der Waals surface area contributed by atoms with E-state index in [1.807, 2.05) is 0 Å². The summed E-state index contributed by atoms with van der Waals surface area (Å²) in [7, 11) is 0. The van der Waals surface area contributed by atoms with E-state index in [-0.39, 0.29) is 24.7 Å². The van der Waals surface area contributed by atoms with Gasteiger partial charge in [0, 0.05) is 12.5 Å². The molecule has 0 radical (unpaired) electrons. The summed E-state index contributed by atoms with van der Waals surface area (Å²) < 4.78 is 4.75. The number of ether oxygens (including phenoxy) is 1. The van der Waals surface area contributed by atoms with E-state index in [1.54, 1.807) is 25.1 Å². The Kier molecular flexibility index (Phi) is 6.74. The first kappa shape index (κ1) is 15.6. The van der Waals surface area contributed by atoms with Crippen molar-refractivity contribution in [3.05, 3.63) is 39.9 Å². The average molecular weight is 280 g/mol. The van der Waals surface area contributed by atoms with Gasteiger partial charge in [0.1, 0.15) is 6.61 Å². The Morgan fingerprint density at radius 2 is 2.20 bits per heavy atom. The van der Waals surface area contributed by atoms with Crippen molar-refractivity contribution in [1.29, 1.82) is 0 Å². The lowest BCUT2D eigenvalue weighted by Gasteiger charge is -2.01. The first-order valence-corrected chi connectivity index (χ1v) is 6.19. The number of hydrogen-bond donors (Lipinski definition) is 0. The SMILES string of the molecule is CCOC(=O)CCCON=Cc1ccccc1[N+](=O)[O-]. The van der Waals surface area contributed by atoms with Crippen LogP contribution in [0.3, 0.4) is 0 Å². The minimum atomic E-state index is -0.484. The molecule has 1 aromatic carbocycles. The number of carbonyl (C=O) groups excluding carboxylic acids is 1. The van der Waals surface area contributed by atoms with Crippen molar-refractivity contribution in [2.45, 2.75) is 19.8 Å². The number of nitro benzene ring substituents is 1. The summed E-state index contributed by atoms with van der Waals surface area (Å²) in [4.78, 5) is 26.2. The van der Waals surface area contributed by atoms with E-state index >= 15 is 0 Å². The minimum absolute atomic E-state index is 0.0358. The highest BCUT2D eigenvalue weighted by Crippen LogP contribution is 2.15. The lowest BCUT2D eigenvalue weighted by atomic mass is 10.2. The van der Waals surface area contributed by atoms with Crippen LogP contribution in [0.25, 0.3) is 0 Å². The molecule has 0 aliphatic carbocycles. The van der Waals surface area contributed by atoms with Crippen molar-refractivity contribution in [2.75, 3.05) is 13.2 Å². The van der Waals surface area contributed by atoms with Crippen LogP contribution in [0.15, 0.2) is 29.4 Å². The fourth-order valence-corrected chi connectivity index (χ4v) is 1.42. The zero-order valence-corrected chi connectivity index (χ0v) is 11.2. The summed E-state index contributed by atoms with van der Waals surface area (Å²) in [6.45, 7) is 2.34. The highest BCUT2D eigenvalue weighted by molar-refractivity contribution is 5.84. The Morgan fingerprint density at radius 1 is 1.45 bits per heavy atom. The van der Waals surface area contributed by atoms with Crippen LogP contribution in [0.1, 0.15) is 25.3 Å². The van der Waals surface area contributed by atoms with E-state index in [0.29, 0.717) is 18.6 Å². The van der Waals surface area contributed by atoms with Crippen LogP contribution in [0.4, 0.5) is 5.69 Å². The van der Waals surface area contributed by atoms with Crippen molar-refractivity contribution in [1.82, 2.24) is 0 Å². The Bertz CT molecular complexity index is 487. The maximum absolute atomic E-state index is 11.0. The number of nitro groups is 1. The second kappa shape index (κ2) is 8.63. The van der Waals surface area contributed by atoms with Crippen LogP contribution in [0.2, 0.25) is 0 Å². The van der Waals surface area contributed by atoms with E-state index in [0.717, 1.165) is 0 Å². The molecule has 1 aromatic rings. The summed E-state index contributed by atoms with van der Waals surface area (Å²) in [6, 6.07) is 6.22. The van der Waals surface area contributed by atoms with E-state index in [2.05, 4.69) is 5.16 Å². The van der Waals surface area contributed by atoms with Crippen LogP contribution >= 0.6 is 0 Å². The fourth-order valence-electron chi connectivity index (χ4n) is 1.42. The van der Waals surface area contributed by atoms with Gasteiger partial charge in [-0.15, -0.1) is 0 Å². The molecule has 1 rings (SSSR count). The van der Waals surface area contributed by atoms with E-state index in [1.165, 1.54) is 12.3 Å². The number of nitrogens with zero attached hydrogens (tertiary/aromatic N) is 2. The molecule has 0 heterocycles. The van der Waals surface area contributed by atoms with Crippen LogP contribution in [-0.4, -0.2) is 30.3 Å². The van der Waals surface area contributed by atoms with Crippen molar-refractivity contribution in [3.63, 3.8) is 0 Å². The van der Waals surface area contributed by atoms with Gasteiger partial charge < -0.3 is 9.57 Å². The molecule has 0 saturated carbocycles. The van der Waals surface area contributed by atoms with Gasteiger partial charge in [0.2, 0.25) is 0 Å². The number of hydrogen-bond acceptors (Lipinski definition) is 6. The molecule has 108 valence electrons. The van der Waals surface area contributed by atoms with Gasteiger partial charge in [-0.1, -0.05) is 17.3 Å². The molecule has 7 nitrogen and oxygen atoms in total. The maximum atomic E-state index is 11.0. The van der Waals surface area contributed by atoms with E-state index < -0.39 is 4.92 Å². The Labute approximate surface area is 116 Å². The summed E-state index contributed by atoms with van der Waals surface area (Å²) in [5.41, 5.74) is 0.328. The summed E-state index contributed by atoms with van der Waals surface area (Å²) in [6.07, 6.45) is 2.02. The second-order valence-corrected chi connectivity index (χ2v) is 3.79. The van der Waals surface area contributed by atoms with Crippen molar-refractivity contribution < 1.29 is 19.3 Å². The first-order valence-electron chi connectivity index (χ1n) is 6.19. The third kappa shape index (κ3) is 5.47. The molecule has 0 amide bonds. The summed E-state index contributed by atoms with van der Waals surface area (Å²) in [5.74, 6) is -0.279. The molecule has 0 spiro atoms. The number of benzene rings is 1. The normalized spacial score (nSPS) is 10.4. The smallest absolute Gasteiger partial charge is 0.305 e. The van der Waals surface area contributed by atoms with Crippen LogP contribution in [0, 0.1) is 10.1 Å². The molecule has 7 heteroatoms. The molecular weight excluding hydrogens is 264 g/mol. The Balaban J connectivity index is 2.35. The van der Waals surface area contributed by atoms with Crippen LogP contribution < -0.4 is 0 Å². The van der Waals surface area contributed by atoms with Gasteiger partial charge >= 0.3 is 5.97 Å². The van der Waals surface area contributed by atoms with E-state index in [4.69, 9.17) is 9.57 Å². The fraction of sp³-hybridized carbons (Fsp3) is 0.385. The van der Waals surface area contributed by atoms with Gasteiger partial charge in [-0.05, 0) is 19.4 Å². The number of carbonyl (C=O) groups is 1. The van der Waals surface area contributed by atoms with Gasteiger partial charge in [-0.3, -0.25) is 14.9 Å². The lowest BCUT2D eigenvalue weighted by molar-refractivity contribution is -0.385. The first-order chi connectivity index (χ1) is 9.65. The molecule has 0 aromatic heterocycles. The zero-order chi connectivity index (χ0) is 14.8. The molecule has 0 aliphatic rings. The average Bonchev–Trinajstić information content (AvgIpc) is 2.43. The Hall–Kier alpha value is -2.44. The molecule has 0 unspecified atom stereocenters. The minimum Gasteiger partial charge on any atom is -0.466 e. The zero-order valence-electron chi connectivity index (χ0n) is 11.2. The molecule has 0 bridgehead atoms. The largest absolute Gasteiger partial charge is 0.466 e. The standard InChI is InChI=1S/C13H16N2O5/c1-2-19-13(16)8-5-9-20-14-10-11-6-3-4-7-12(11)15(17)18/h3-4,6-7,10H,2,5,8-9H2,1H3. The predicted molar refractivity (Wildman–Crippen MR) is 72.5 cm³/mol. The number of rotatable bonds is 8. The molecule has 0 saturated heterocycles. The second-order valence-electron chi connectivity index (χ2n) is 3.79. The summed E-state index contributed by atoms with van der Waals surface area (Å²) in [5, 5.41) is 14.4. The third-order valence-corrected chi connectivity index (χ3v) is 2.32. The number of oxime groups is 1. The van der Waals surface area contributed by atoms with Crippen molar-refractivity contribution in [3.8, 4) is 0 Å². The molecule has 0 N–H and O–H groups in total. The highest BCUT2D eigenvalue weighted by Gasteiger charge is 2.09. The van der Waals surface area contributed by atoms with Gasteiger partial charge in [-0.25, -0.2) is 0 Å². The number of para-hydroxylation sites is 1. The molecular formula is C13H16N2O5. The number of esters is 1. The molecule has 0 aliphatic heterocycles. The monoisotopic (exact) mass is 280 g/mol. The van der Waals surface area contributed by atoms with Crippen molar-refractivity contribution in [2.24, 2.45) is 5.16 Å². The van der Waals surface area contributed by atoms with Gasteiger partial charge in [0.05, 0.1) is 23.3 Å². The predicted octanol–water partition coefficient (Wildman–Crippen LogP) is 2.29. The third-order valence-electron chi connectivity index (χ3n) is 2.32. The summed E-state index contributed by atoms with van der Waals surface area (Å²) >= 11 is 0. The van der Waals surface area contributed by atoms with Gasteiger partial charge in [0.25, 0.3) is 5.69 Å². The van der Waals surface area contributed by atoms with Gasteiger partial charge in [0.15, 0.2) is 0 Å². The van der Waals surface area contributed by atoms with Crippen LogP contribution in [-0.2, 0) is 14.4 Å². The van der Waals surface area contributed by atoms with Gasteiger partial charge in [-0.2, -0.15) is 0 Å².